The molecule has 0 bridgehead atoms. The summed E-state index contributed by atoms with van der Waals surface area (Å²) in [6.45, 7) is 5.87. The van der Waals surface area contributed by atoms with E-state index in [9.17, 15) is 4.79 Å². The van der Waals surface area contributed by atoms with Gasteiger partial charge in [-0.15, -0.1) is 11.3 Å². The van der Waals surface area contributed by atoms with Gasteiger partial charge in [0.05, 0.1) is 29.0 Å². The Hall–Kier alpha value is -1.86. The van der Waals surface area contributed by atoms with E-state index in [-0.39, 0.29) is 11.9 Å². The SMILES string of the molecule is CC(=O)NCc1ccnc([C@@H]2CCCN2Cc2csc(C)n2)n1. The number of hydrogen-bond donors (Lipinski definition) is 1. The number of thiazole rings is 1. The zero-order valence-electron chi connectivity index (χ0n) is 13.5. The lowest BCUT2D eigenvalue weighted by molar-refractivity contribution is -0.119. The second-order valence-electron chi connectivity index (χ2n) is 5.80. The van der Waals surface area contributed by atoms with E-state index in [4.69, 9.17) is 0 Å². The molecule has 23 heavy (non-hydrogen) atoms. The predicted molar refractivity (Wildman–Crippen MR) is 88.8 cm³/mol. The van der Waals surface area contributed by atoms with Crippen molar-refractivity contribution in [3.05, 3.63) is 39.9 Å². The Morgan fingerprint density at radius 3 is 3.04 bits per heavy atom. The molecule has 0 radical (unpaired) electrons. The van der Waals surface area contributed by atoms with E-state index in [1.54, 1.807) is 17.5 Å². The van der Waals surface area contributed by atoms with Crippen LogP contribution in [-0.2, 0) is 17.9 Å². The lowest BCUT2D eigenvalue weighted by atomic mass is 10.2. The summed E-state index contributed by atoms with van der Waals surface area (Å²) in [6, 6.07) is 2.08. The molecule has 1 N–H and O–H groups in total. The fraction of sp³-hybridized carbons (Fsp3) is 0.500. The molecule has 6 nitrogen and oxygen atoms in total. The summed E-state index contributed by atoms with van der Waals surface area (Å²) in [5.41, 5.74) is 1.97. The molecular formula is C16H21N5OS. The number of carbonyl (C=O) groups excluding carboxylic acids is 1. The first-order valence-electron chi connectivity index (χ1n) is 7.83. The van der Waals surface area contributed by atoms with Gasteiger partial charge in [-0.1, -0.05) is 0 Å². The Morgan fingerprint density at radius 1 is 1.43 bits per heavy atom. The zero-order valence-corrected chi connectivity index (χ0v) is 14.3. The molecule has 0 aromatic carbocycles. The summed E-state index contributed by atoms with van der Waals surface area (Å²) in [4.78, 5) is 27.1. The second-order valence-corrected chi connectivity index (χ2v) is 6.86. The molecule has 0 saturated carbocycles. The number of nitrogens with one attached hydrogen (secondary N) is 1. The van der Waals surface area contributed by atoms with Gasteiger partial charge in [0.15, 0.2) is 0 Å². The third-order valence-electron chi connectivity index (χ3n) is 3.94. The Morgan fingerprint density at radius 2 is 2.30 bits per heavy atom. The van der Waals surface area contributed by atoms with Gasteiger partial charge in [-0.05, 0) is 32.4 Å². The quantitative estimate of drug-likeness (QED) is 0.909. The van der Waals surface area contributed by atoms with E-state index in [1.165, 1.54) is 6.92 Å². The first kappa shape index (κ1) is 16.0. The summed E-state index contributed by atoms with van der Waals surface area (Å²) >= 11 is 1.69. The molecular weight excluding hydrogens is 310 g/mol. The van der Waals surface area contributed by atoms with Crippen molar-refractivity contribution in [1.82, 2.24) is 25.2 Å². The number of hydrogen-bond acceptors (Lipinski definition) is 6. The van der Waals surface area contributed by atoms with Crippen LogP contribution in [0.3, 0.4) is 0 Å². The van der Waals surface area contributed by atoms with Crippen LogP contribution < -0.4 is 5.32 Å². The average Bonchev–Trinajstić information content (AvgIpc) is 3.15. The molecule has 2 aromatic heterocycles. The van der Waals surface area contributed by atoms with Crippen molar-refractivity contribution in [3.8, 4) is 0 Å². The minimum atomic E-state index is -0.0495. The number of carbonyl (C=O) groups is 1. The monoisotopic (exact) mass is 331 g/mol. The van der Waals surface area contributed by atoms with E-state index in [0.29, 0.717) is 6.54 Å². The van der Waals surface area contributed by atoms with Crippen molar-refractivity contribution < 1.29 is 4.79 Å². The highest BCUT2D eigenvalue weighted by Crippen LogP contribution is 2.31. The lowest BCUT2D eigenvalue weighted by Gasteiger charge is -2.22. The van der Waals surface area contributed by atoms with Gasteiger partial charge in [-0.2, -0.15) is 0 Å². The second kappa shape index (κ2) is 7.14. The standard InChI is InChI=1S/C16H21N5OS/c1-11(22)18-8-13-5-6-17-16(20-13)15-4-3-7-21(15)9-14-10-23-12(2)19-14/h5-6,10,15H,3-4,7-9H2,1-2H3,(H,18,22)/t15-/m0/s1. The summed E-state index contributed by atoms with van der Waals surface area (Å²) < 4.78 is 0. The summed E-state index contributed by atoms with van der Waals surface area (Å²) in [5.74, 6) is 0.795. The Labute approximate surface area is 140 Å². The van der Waals surface area contributed by atoms with Gasteiger partial charge in [0, 0.05) is 25.0 Å². The first-order chi connectivity index (χ1) is 11.1. The molecule has 2 aromatic rings. The number of nitrogens with zero attached hydrogens (tertiary/aromatic N) is 4. The van der Waals surface area contributed by atoms with Crippen LogP contribution in [0.4, 0.5) is 0 Å². The maximum absolute atomic E-state index is 11.0. The summed E-state index contributed by atoms with van der Waals surface area (Å²) in [6.07, 6.45) is 3.99. The van der Waals surface area contributed by atoms with Gasteiger partial charge in [-0.3, -0.25) is 9.69 Å². The summed E-state index contributed by atoms with van der Waals surface area (Å²) in [5, 5.41) is 6.01. The molecule has 3 heterocycles. The third-order valence-corrected chi connectivity index (χ3v) is 4.77. The van der Waals surface area contributed by atoms with Crippen LogP contribution in [0, 0.1) is 6.92 Å². The van der Waals surface area contributed by atoms with E-state index in [0.717, 1.165) is 48.2 Å². The van der Waals surface area contributed by atoms with Gasteiger partial charge in [-0.25, -0.2) is 15.0 Å². The van der Waals surface area contributed by atoms with Crippen LogP contribution in [0.5, 0.6) is 0 Å². The van der Waals surface area contributed by atoms with E-state index in [2.05, 4.69) is 30.5 Å². The highest BCUT2D eigenvalue weighted by molar-refractivity contribution is 7.09. The van der Waals surface area contributed by atoms with Crippen molar-refractivity contribution in [3.63, 3.8) is 0 Å². The molecule has 1 amide bonds. The molecule has 1 aliphatic heterocycles. The van der Waals surface area contributed by atoms with Crippen LogP contribution in [-0.4, -0.2) is 32.3 Å². The van der Waals surface area contributed by atoms with Crippen molar-refractivity contribution in [2.75, 3.05) is 6.54 Å². The molecule has 0 unspecified atom stereocenters. The van der Waals surface area contributed by atoms with Crippen LogP contribution in [0.25, 0.3) is 0 Å². The largest absolute Gasteiger partial charge is 0.351 e. The lowest BCUT2D eigenvalue weighted by Crippen LogP contribution is -2.25. The molecule has 122 valence electrons. The predicted octanol–water partition coefficient (Wildman–Crippen LogP) is 2.21. The average molecular weight is 331 g/mol. The van der Waals surface area contributed by atoms with Crippen molar-refractivity contribution in [1.29, 1.82) is 0 Å². The Bertz CT molecular complexity index is 687. The Balaban J connectivity index is 1.71. The van der Waals surface area contributed by atoms with E-state index in [1.807, 2.05) is 13.0 Å². The molecule has 0 aliphatic carbocycles. The third kappa shape index (κ3) is 4.11. The van der Waals surface area contributed by atoms with E-state index < -0.39 is 0 Å². The molecule has 3 rings (SSSR count). The molecule has 1 saturated heterocycles. The van der Waals surface area contributed by atoms with Crippen molar-refractivity contribution in [2.24, 2.45) is 0 Å². The zero-order chi connectivity index (χ0) is 16.2. The fourth-order valence-corrected chi connectivity index (χ4v) is 3.49. The smallest absolute Gasteiger partial charge is 0.217 e. The normalized spacial score (nSPS) is 18.3. The van der Waals surface area contributed by atoms with E-state index >= 15 is 0 Å². The number of rotatable bonds is 5. The molecule has 0 spiro atoms. The van der Waals surface area contributed by atoms with Crippen molar-refractivity contribution >= 4 is 17.2 Å². The summed E-state index contributed by atoms with van der Waals surface area (Å²) in [7, 11) is 0. The van der Waals surface area contributed by atoms with Crippen LogP contribution in [0.15, 0.2) is 17.6 Å². The first-order valence-corrected chi connectivity index (χ1v) is 8.71. The topological polar surface area (TPSA) is 71.0 Å². The van der Waals surface area contributed by atoms with Crippen LogP contribution >= 0.6 is 11.3 Å². The number of likely N-dealkylation sites (tertiary alicyclic amines) is 1. The highest BCUT2D eigenvalue weighted by atomic mass is 32.1. The maximum Gasteiger partial charge on any atom is 0.217 e. The molecule has 1 aliphatic rings. The number of aromatic nitrogens is 3. The minimum Gasteiger partial charge on any atom is -0.351 e. The van der Waals surface area contributed by atoms with Gasteiger partial charge in [0.2, 0.25) is 5.91 Å². The molecule has 7 heteroatoms. The maximum atomic E-state index is 11.0. The Kier molecular flexibility index (Phi) is 4.97. The highest BCUT2D eigenvalue weighted by Gasteiger charge is 2.28. The van der Waals surface area contributed by atoms with Crippen LogP contribution in [0.2, 0.25) is 0 Å². The van der Waals surface area contributed by atoms with Crippen molar-refractivity contribution in [2.45, 2.75) is 45.8 Å². The number of aryl methyl sites for hydroxylation is 1. The molecule has 1 atom stereocenters. The number of amides is 1. The van der Waals surface area contributed by atoms with Gasteiger partial charge < -0.3 is 5.32 Å². The minimum absolute atomic E-state index is 0.0495. The van der Waals surface area contributed by atoms with Gasteiger partial charge >= 0.3 is 0 Å². The molecule has 1 fully saturated rings. The fourth-order valence-electron chi connectivity index (χ4n) is 2.88. The van der Waals surface area contributed by atoms with Gasteiger partial charge in [0.25, 0.3) is 0 Å². The van der Waals surface area contributed by atoms with Gasteiger partial charge in [0.1, 0.15) is 5.82 Å². The van der Waals surface area contributed by atoms with Crippen LogP contribution in [0.1, 0.15) is 48.0 Å².